The van der Waals surface area contributed by atoms with Crippen LogP contribution in [-0.2, 0) is 0 Å². The molecule has 0 spiro atoms. The minimum absolute atomic E-state index is 0.345. The summed E-state index contributed by atoms with van der Waals surface area (Å²) in [5.41, 5.74) is 0. The number of rotatable bonds is 1. The fourth-order valence-electron chi connectivity index (χ4n) is 0.0676. The van der Waals surface area contributed by atoms with E-state index in [-0.39, 0.29) is 6.73 Å². The second kappa shape index (κ2) is 2.99. The van der Waals surface area contributed by atoms with Crippen LogP contribution in [0.3, 0.4) is 0 Å². The normalized spacial score (nSPS) is 7.67. The number of hydrogen-bond donors (Lipinski definition) is 3. The average Bonchev–Trinajstić information content (AvgIpc) is 1.35. The Morgan fingerprint density at radius 3 is 2.50 bits per heavy atom. The second-order valence-electron chi connectivity index (χ2n) is 0.640. The molecule has 1 amide bonds. The van der Waals surface area contributed by atoms with Gasteiger partial charge >= 0.3 is 0 Å². The maximum atomic E-state index is 9.64. The van der Waals surface area contributed by atoms with Crippen molar-refractivity contribution < 1.29 is 9.90 Å². The Bertz CT molecular complexity index is 55.5. The average molecular weight is 107 g/mol. The van der Waals surface area contributed by atoms with E-state index >= 15 is 0 Å². The van der Waals surface area contributed by atoms with Gasteiger partial charge in [-0.1, -0.05) is 12.6 Å². The maximum absolute atomic E-state index is 9.64. The van der Waals surface area contributed by atoms with Crippen LogP contribution in [0.25, 0.3) is 0 Å². The van der Waals surface area contributed by atoms with Crippen LogP contribution in [0.4, 0.5) is 4.79 Å². The molecule has 0 aliphatic rings. The Morgan fingerprint density at radius 1 is 2.00 bits per heavy atom. The zero-order chi connectivity index (χ0) is 4.99. The van der Waals surface area contributed by atoms with Crippen molar-refractivity contribution in [1.82, 2.24) is 5.32 Å². The van der Waals surface area contributed by atoms with Gasteiger partial charge in [-0.15, -0.1) is 0 Å². The summed E-state index contributed by atoms with van der Waals surface area (Å²) in [6.07, 6.45) is 0. The Balaban J connectivity index is 2.83. The van der Waals surface area contributed by atoms with E-state index < -0.39 is 5.24 Å². The number of carbonyl (C=O) groups excluding carboxylic acids is 1. The molecule has 0 fully saturated rings. The topological polar surface area (TPSA) is 49.3 Å². The summed E-state index contributed by atoms with van der Waals surface area (Å²) >= 11 is 3.27. The number of thiol groups is 1. The van der Waals surface area contributed by atoms with Crippen LogP contribution in [0.5, 0.6) is 0 Å². The van der Waals surface area contributed by atoms with Gasteiger partial charge in [-0.25, -0.2) is 0 Å². The molecule has 3 nitrogen and oxygen atoms in total. The van der Waals surface area contributed by atoms with Crippen molar-refractivity contribution >= 4 is 17.9 Å². The predicted octanol–water partition coefficient (Wildman–Crippen LogP) is -0.424. The lowest BCUT2D eigenvalue weighted by atomic mass is 11.1. The SMILES string of the molecule is O=C(S)NCO. The molecule has 0 aromatic heterocycles. The Hall–Kier alpha value is -0.220. The maximum Gasteiger partial charge on any atom is 0.277 e. The molecule has 6 heavy (non-hydrogen) atoms. The lowest BCUT2D eigenvalue weighted by Gasteiger charge is -1.87. The van der Waals surface area contributed by atoms with E-state index in [9.17, 15) is 4.79 Å². The van der Waals surface area contributed by atoms with Crippen LogP contribution in [0, 0.1) is 0 Å². The summed E-state index contributed by atoms with van der Waals surface area (Å²) in [7, 11) is 0. The first-order valence-electron chi connectivity index (χ1n) is 1.35. The predicted molar refractivity (Wildman–Crippen MR) is 24.6 cm³/mol. The molecule has 4 heteroatoms. The Labute approximate surface area is 40.8 Å². The quantitative estimate of drug-likeness (QED) is 0.315. The van der Waals surface area contributed by atoms with E-state index in [1.165, 1.54) is 0 Å². The van der Waals surface area contributed by atoms with Crippen LogP contribution >= 0.6 is 12.6 Å². The fraction of sp³-hybridized carbons (Fsp3) is 0.500. The molecule has 0 unspecified atom stereocenters. The van der Waals surface area contributed by atoms with Crippen LogP contribution in [-0.4, -0.2) is 17.1 Å². The summed E-state index contributed by atoms with van der Waals surface area (Å²) in [6.45, 7) is -0.345. The molecular weight excluding hydrogens is 102 g/mol. The van der Waals surface area contributed by atoms with Gasteiger partial charge in [0.15, 0.2) is 0 Å². The minimum Gasteiger partial charge on any atom is -0.376 e. The van der Waals surface area contributed by atoms with Crippen molar-refractivity contribution in [2.24, 2.45) is 0 Å². The molecule has 0 heterocycles. The van der Waals surface area contributed by atoms with Crippen LogP contribution in [0.1, 0.15) is 0 Å². The highest BCUT2D eigenvalue weighted by Crippen LogP contribution is 1.69. The van der Waals surface area contributed by atoms with Crippen LogP contribution in [0.15, 0.2) is 0 Å². The molecule has 0 aliphatic carbocycles. The molecule has 0 saturated carbocycles. The van der Waals surface area contributed by atoms with Crippen LogP contribution in [0.2, 0.25) is 0 Å². The van der Waals surface area contributed by atoms with Crippen LogP contribution < -0.4 is 5.32 Å². The molecule has 0 aromatic rings. The number of aliphatic hydroxyl groups excluding tert-OH is 1. The largest absolute Gasteiger partial charge is 0.376 e. The molecule has 0 aliphatic heterocycles. The Kier molecular flexibility index (Phi) is 2.88. The van der Waals surface area contributed by atoms with E-state index in [0.717, 1.165) is 0 Å². The molecular formula is C2H5NO2S. The number of amides is 1. The third kappa shape index (κ3) is 3.78. The van der Waals surface area contributed by atoms with E-state index in [0.29, 0.717) is 0 Å². The standard InChI is InChI=1S/C2H5NO2S/c4-1-3-2(5)6/h4H,1H2,(H2,3,5,6). The highest BCUT2D eigenvalue weighted by Gasteiger charge is 1.81. The smallest absolute Gasteiger partial charge is 0.277 e. The van der Waals surface area contributed by atoms with Crippen molar-refractivity contribution in [3.8, 4) is 0 Å². The van der Waals surface area contributed by atoms with Gasteiger partial charge in [0.25, 0.3) is 5.24 Å². The van der Waals surface area contributed by atoms with Gasteiger partial charge in [-0.3, -0.25) is 4.79 Å². The minimum atomic E-state index is -0.516. The van der Waals surface area contributed by atoms with Gasteiger partial charge < -0.3 is 10.4 Å². The molecule has 0 saturated heterocycles. The molecule has 0 radical (unpaired) electrons. The second-order valence-corrected chi connectivity index (χ2v) is 1.05. The van der Waals surface area contributed by atoms with E-state index in [1.807, 2.05) is 5.32 Å². The van der Waals surface area contributed by atoms with Gasteiger partial charge in [0.2, 0.25) is 0 Å². The summed E-state index contributed by atoms with van der Waals surface area (Å²) < 4.78 is 0. The number of carbonyl (C=O) groups is 1. The van der Waals surface area contributed by atoms with Gasteiger partial charge in [-0.05, 0) is 0 Å². The first-order valence-corrected chi connectivity index (χ1v) is 1.79. The monoisotopic (exact) mass is 107 g/mol. The summed E-state index contributed by atoms with van der Waals surface area (Å²) in [5, 5.41) is 9.33. The van der Waals surface area contributed by atoms with E-state index in [2.05, 4.69) is 12.6 Å². The summed E-state index contributed by atoms with van der Waals surface area (Å²) in [6, 6.07) is 0. The highest BCUT2D eigenvalue weighted by molar-refractivity contribution is 7.96. The van der Waals surface area contributed by atoms with Crippen molar-refractivity contribution in [2.75, 3.05) is 6.73 Å². The van der Waals surface area contributed by atoms with E-state index in [4.69, 9.17) is 5.11 Å². The van der Waals surface area contributed by atoms with Crippen molar-refractivity contribution in [1.29, 1.82) is 0 Å². The van der Waals surface area contributed by atoms with E-state index in [1.54, 1.807) is 0 Å². The van der Waals surface area contributed by atoms with Gasteiger partial charge in [0.05, 0.1) is 0 Å². The molecule has 0 atom stereocenters. The zero-order valence-corrected chi connectivity index (χ0v) is 3.90. The highest BCUT2D eigenvalue weighted by atomic mass is 32.1. The lowest BCUT2D eigenvalue weighted by Crippen LogP contribution is -2.16. The number of nitrogens with one attached hydrogen (secondary N) is 1. The van der Waals surface area contributed by atoms with Crippen molar-refractivity contribution in [3.63, 3.8) is 0 Å². The van der Waals surface area contributed by atoms with Gasteiger partial charge in [0.1, 0.15) is 6.73 Å². The molecule has 0 aromatic carbocycles. The zero-order valence-electron chi connectivity index (χ0n) is 3.01. The first-order chi connectivity index (χ1) is 2.77. The van der Waals surface area contributed by atoms with Crippen molar-refractivity contribution in [2.45, 2.75) is 0 Å². The number of aliphatic hydroxyl groups is 1. The van der Waals surface area contributed by atoms with Gasteiger partial charge in [-0.2, -0.15) is 0 Å². The molecule has 0 rings (SSSR count). The molecule has 2 N–H and O–H groups in total. The summed E-state index contributed by atoms with van der Waals surface area (Å²) in [4.78, 5) is 9.64. The fourth-order valence-corrected chi connectivity index (χ4v) is 0.138. The molecule has 36 valence electrons. The third-order valence-electron chi connectivity index (χ3n) is 0.230. The lowest BCUT2D eigenvalue weighted by molar-refractivity contribution is 0.236. The number of hydrogen-bond acceptors (Lipinski definition) is 2. The summed E-state index contributed by atoms with van der Waals surface area (Å²) in [5.74, 6) is 0. The first kappa shape index (κ1) is 5.78. The van der Waals surface area contributed by atoms with Gasteiger partial charge in [0, 0.05) is 0 Å². The van der Waals surface area contributed by atoms with Crippen molar-refractivity contribution in [3.05, 3.63) is 0 Å². The third-order valence-corrected chi connectivity index (χ3v) is 0.388. The molecule has 0 bridgehead atoms. The Morgan fingerprint density at radius 2 is 2.50 bits per heavy atom.